The molecule has 0 saturated carbocycles. The lowest BCUT2D eigenvalue weighted by Crippen LogP contribution is -2.55. The third-order valence-electron chi connectivity index (χ3n) is 4.39. The highest BCUT2D eigenvalue weighted by Crippen LogP contribution is 2.52. The van der Waals surface area contributed by atoms with Gasteiger partial charge in [-0.15, -0.1) is 0 Å². The number of benzene rings is 1. The van der Waals surface area contributed by atoms with Gasteiger partial charge in [0.2, 0.25) is 5.79 Å². The number of amides is 1. The van der Waals surface area contributed by atoms with Crippen molar-refractivity contribution < 1.29 is 28.9 Å². The summed E-state index contributed by atoms with van der Waals surface area (Å²) in [6.07, 6.45) is 1.15. The second kappa shape index (κ2) is 5.06. The first-order valence-corrected chi connectivity index (χ1v) is 7.40. The molecule has 0 saturated heterocycles. The number of carbonyl (C=O) groups is 2. The van der Waals surface area contributed by atoms with E-state index in [9.17, 15) is 14.7 Å². The molecule has 0 radical (unpaired) electrons. The van der Waals surface area contributed by atoms with E-state index in [2.05, 4.69) is 0 Å². The van der Waals surface area contributed by atoms with Gasteiger partial charge in [0.15, 0.2) is 17.3 Å². The topological polar surface area (TPSA) is 85.3 Å². The van der Waals surface area contributed by atoms with Gasteiger partial charge in [0.1, 0.15) is 5.60 Å². The molecule has 1 aromatic carbocycles. The summed E-state index contributed by atoms with van der Waals surface area (Å²) in [6, 6.07) is 3.21. The van der Waals surface area contributed by atoms with Crippen LogP contribution in [0.2, 0.25) is 0 Å². The summed E-state index contributed by atoms with van der Waals surface area (Å²) in [5.74, 6) is -2.24. The fourth-order valence-corrected chi connectivity index (χ4v) is 3.08. The average Bonchev–Trinajstić information content (AvgIpc) is 2.53. The van der Waals surface area contributed by atoms with E-state index in [1.807, 2.05) is 0 Å². The van der Waals surface area contributed by atoms with Crippen molar-refractivity contribution in [2.24, 2.45) is 0 Å². The third kappa shape index (κ3) is 1.98. The fraction of sp³-hybridized carbons (Fsp3) is 0.412. The number of rotatable bonds is 2. The SMILES string of the molecule is COc1ccc2c(c1OC)N(C)C(=O)C1=CC(=O)C(C)(C)O[C@]12O. The number of carbonyl (C=O) groups excluding carboxylic acids is 2. The van der Waals surface area contributed by atoms with E-state index < -0.39 is 17.3 Å². The molecule has 7 nitrogen and oxygen atoms in total. The first kappa shape index (κ1) is 16.5. The molecule has 0 bridgehead atoms. The van der Waals surface area contributed by atoms with Gasteiger partial charge in [0.05, 0.1) is 25.5 Å². The van der Waals surface area contributed by atoms with E-state index in [0.29, 0.717) is 22.7 Å². The van der Waals surface area contributed by atoms with Crippen LogP contribution < -0.4 is 14.4 Å². The Morgan fingerprint density at radius 3 is 2.42 bits per heavy atom. The van der Waals surface area contributed by atoms with Gasteiger partial charge in [-0.25, -0.2) is 0 Å². The lowest BCUT2D eigenvalue weighted by Gasteiger charge is -2.45. The van der Waals surface area contributed by atoms with E-state index in [-0.39, 0.29) is 11.4 Å². The Morgan fingerprint density at radius 2 is 1.83 bits per heavy atom. The van der Waals surface area contributed by atoms with Crippen molar-refractivity contribution in [3.05, 3.63) is 29.3 Å². The molecule has 0 aromatic heterocycles. The van der Waals surface area contributed by atoms with Crippen LogP contribution in [-0.2, 0) is 20.1 Å². The van der Waals surface area contributed by atoms with E-state index in [1.54, 1.807) is 26.0 Å². The molecule has 1 atom stereocenters. The van der Waals surface area contributed by atoms with E-state index in [0.717, 1.165) is 6.08 Å². The zero-order valence-electron chi connectivity index (χ0n) is 14.2. The lowest BCUT2D eigenvalue weighted by molar-refractivity contribution is -0.242. The number of anilines is 1. The minimum atomic E-state index is -2.03. The van der Waals surface area contributed by atoms with Crippen molar-refractivity contribution in [1.29, 1.82) is 0 Å². The number of ketones is 1. The molecular weight excluding hydrogens is 314 g/mol. The van der Waals surface area contributed by atoms with Crippen molar-refractivity contribution >= 4 is 17.4 Å². The van der Waals surface area contributed by atoms with Crippen molar-refractivity contribution in [1.82, 2.24) is 0 Å². The Bertz CT molecular complexity index is 782. The molecule has 0 fully saturated rings. The van der Waals surface area contributed by atoms with Crippen molar-refractivity contribution in [3.63, 3.8) is 0 Å². The Labute approximate surface area is 139 Å². The van der Waals surface area contributed by atoms with Crippen LogP contribution in [0.1, 0.15) is 19.4 Å². The number of ether oxygens (including phenoxy) is 3. The molecule has 2 aliphatic heterocycles. The van der Waals surface area contributed by atoms with Gasteiger partial charge in [-0.1, -0.05) is 0 Å². The van der Waals surface area contributed by atoms with Crippen LogP contribution in [0.3, 0.4) is 0 Å². The minimum Gasteiger partial charge on any atom is -0.493 e. The highest BCUT2D eigenvalue weighted by molar-refractivity contribution is 6.15. The Morgan fingerprint density at radius 1 is 1.17 bits per heavy atom. The van der Waals surface area contributed by atoms with E-state index >= 15 is 0 Å². The zero-order chi connectivity index (χ0) is 17.9. The van der Waals surface area contributed by atoms with Gasteiger partial charge in [0, 0.05) is 12.6 Å². The monoisotopic (exact) mass is 333 g/mol. The van der Waals surface area contributed by atoms with Gasteiger partial charge in [-0.3, -0.25) is 9.59 Å². The molecule has 0 aliphatic carbocycles. The molecule has 0 unspecified atom stereocenters. The number of fused-ring (bicyclic) bond motifs is 3. The van der Waals surface area contributed by atoms with Crippen LogP contribution in [0.15, 0.2) is 23.8 Å². The highest BCUT2D eigenvalue weighted by Gasteiger charge is 2.55. The molecule has 1 amide bonds. The van der Waals surface area contributed by atoms with Crippen molar-refractivity contribution in [2.75, 3.05) is 26.2 Å². The molecule has 1 N–H and O–H groups in total. The quantitative estimate of drug-likeness (QED) is 0.873. The summed E-state index contributed by atoms with van der Waals surface area (Å²) in [5.41, 5.74) is -0.728. The first-order valence-electron chi connectivity index (χ1n) is 7.40. The number of aliphatic hydroxyl groups is 1. The highest BCUT2D eigenvalue weighted by atomic mass is 16.6. The van der Waals surface area contributed by atoms with Gasteiger partial charge in [-0.2, -0.15) is 0 Å². The molecule has 128 valence electrons. The maximum atomic E-state index is 12.7. The predicted octanol–water partition coefficient (Wildman–Crippen LogP) is 1.13. The molecular formula is C17H19NO6. The summed E-state index contributed by atoms with van der Waals surface area (Å²) >= 11 is 0. The third-order valence-corrected chi connectivity index (χ3v) is 4.39. The molecule has 2 aliphatic rings. The summed E-state index contributed by atoms with van der Waals surface area (Å²) in [7, 11) is 4.46. The Hall–Kier alpha value is -2.38. The molecule has 24 heavy (non-hydrogen) atoms. The van der Waals surface area contributed by atoms with Gasteiger partial charge < -0.3 is 24.2 Å². The van der Waals surface area contributed by atoms with Gasteiger partial charge >= 0.3 is 0 Å². The Balaban J connectivity index is 2.35. The van der Waals surface area contributed by atoms with Crippen LogP contribution in [0.5, 0.6) is 11.5 Å². The zero-order valence-corrected chi connectivity index (χ0v) is 14.2. The first-order chi connectivity index (χ1) is 11.2. The lowest BCUT2D eigenvalue weighted by atomic mass is 9.83. The summed E-state index contributed by atoms with van der Waals surface area (Å²) < 4.78 is 16.3. The maximum Gasteiger partial charge on any atom is 0.260 e. The number of methoxy groups -OCH3 is 2. The van der Waals surface area contributed by atoms with Crippen molar-refractivity contribution in [3.8, 4) is 11.5 Å². The van der Waals surface area contributed by atoms with E-state index in [1.165, 1.54) is 26.2 Å². The molecule has 1 aromatic rings. The summed E-state index contributed by atoms with van der Waals surface area (Å²) in [4.78, 5) is 26.2. The maximum absolute atomic E-state index is 12.7. The molecule has 7 heteroatoms. The molecule has 0 spiro atoms. The summed E-state index contributed by atoms with van der Waals surface area (Å²) in [6.45, 7) is 3.09. The van der Waals surface area contributed by atoms with Crippen LogP contribution in [0, 0.1) is 0 Å². The normalized spacial score (nSPS) is 24.9. The molecule has 3 rings (SSSR count). The molecule has 2 heterocycles. The average molecular weight is 333 g/mol. The minimum absolute atomic E-state index is 0.117. The predicted molar refractivity (Wildman–Crippen MR) is 85.1 cm³/mol. The van der Waals surface area contributed by atoms with Crippen LogP contribution >= 0.6 is 0 Å². The van der Waals surface area contributed by atoms with Gasteiger partial charge in [0.25, 0.3) is 5.91 Å². The van der Waals surface area contributed by atoms with Crippen LogP contribution in [0.25, 0.3) is 0 Å². The number of likely N-dealkylation sites (N-methyl/N-ethyl adjacent to an activating group) is 1. The number of hydrogen-bond acceptors (Lipinski definition) is 6. The largest absolute Gasteiger partial charge is 0.493 e. The number of hydrogen-bond donors (Lipinski definition) is 1. The summed E-state index contributed by atoms with van der Waals surface area (Å²) in [5, 5.41) is 11.2. The van der Waals surface area contributed by atoms with Crippen molar-refractivity contribution in [2.45, 2.75) is 25.2 Å². The van der Waals surface area contributed by atoms with E-state index in [4.69, 9.17) is 14.2 Å². The van der Waals surface area contributed by atoms with Crippen LogP contribution in [-0.4, -0.2) is 43.7 Å². The van der Waals surface area contributed by atoms with Gasteiger partial charge in [-0.05, 0) is 32.1 Å². The Kier molecular flexibility index (Phi) is 3.47. The standard InChI is InChI=1S/C17H19NO6/c1-16(2)12(19)8-10-15(20)18(3)13-9(17(10,21)24-16)6-7-11(22-4)14(13)23-5/h6-8,21H,1-5H3/t17-/m0/s1. The number of nitrogens with zero attached hydrogens (tertiary/aromatic N) is 1. The second-order valence-corrected chi connectivity index (χ2v) is 6.24. The second-order valence-electron chi connectivity index (χ2n) is 6.24. The van der Waals surface area contributed by atoms with Crippen LogP contribution in [0.4, 0.5) is 5.69 Å². The smallest absolute Gasteiger partial charge is 0.260 e. The fourth-order valence-electron chi connectivity index (χ4n) is 3.08.